The summed E-state index contributed by atoms with van der Waals surface area (Å²) in [5.74, 6) is 0.867. The van der Waals surface area contributed by atoms with Crippen molar-refractivity contribution in [3.05, 3.63) is 0 Å². The quantitative estimate of drug-likeness (QED) is 0.571. The van der Waals surface area contributed by atoms with Crippen LogP contribution in [0.2, 0.25) is 0 Å². The van der Waals surface area contributed by atoms with Crippen molar-refractivity contribution in [2.45, 2.75) is 32.8 Å². The molecule has 84 valence electrons. The minimum Gasteiger partial charge on any atom is -0.444 e. The Hall–Kier alpha value is -0.420. The lowest BCUT2D eigenvalue weighted by Gasteiger charge is -2.19. The summed E-state index contributed by atoms with van der Waals surface area (Å²) in [5.41, 5.74) is -0.425. The van der Waals surface area contributed by atoms with Crippen molar-refractivity contribution in [2.24, 2.45) is 0 Å². The van der Waals surface area contributed by atoms with Gasteiger partial charge in [0.1, 0.15) is 5.60 Å². The standard InChI is InChI=1S/C9H19NO3S/c1-9(2,3)13-8(11)10-6-5-7-14-12-4/h5-7H2,1-4H3,(H,10,11). The Morgan fingerprint density at radius 2 is 2.07 bits per heavy atom. The number of ether oxygens (including phenoxy) is 1. The van der Waals surface area contributed by atoms with Gasteiger partial charge in [-0.2, -0.15) is 0 Å². The molecule has 1 N–H and O–H groups in total. The van der Waals surface area contributed by atoms with Gasteiger partial charge in [-0.3, -0.25) is 0 Å². The Kier molecular flexibility index (Phi) is 6.74. The number of hydrogen-bond acceptors (Lipinski definition) is 4. The third-order valence-electron chi connectivity index (χ3n) is 1.19. The molecule has 0 aromatic rings. The van der Waals surface area contributed by atoms with Crippen molar-refractivity contribution in [3.8, 4) is 0 Å². The Balaban J connectivity index is 3.36. The smallest absolute Gasteiger partial charge is 0.407 e. The van der Waals surface area contributed by atoms with Gasteiger partial charge in [-0.25, -0.2) is 4.79 Å². The van der Waals surface area contributed by atoms with Gasteiger partial charge < -0.3 is 14.2 Å². The van der Waals surface area contributed by atoms with Gasteiger partial charge in [0.25, 0.3) is 0 Å². The van der Waals surface area contributed by atoms with Crippen LogP contribution in [-0.4, -0.2) is 31.1 Å². The van der Waals surface area contributed by atoms with E-state index in [4.69, 9.17) is 8.92 Å². The second kappa shape index (κ2) is 6.95. The van der Waals surface area contributed by atoms with Crippen molar-refractivity contribution < 1.29 is 13.7 Å². The summed E-state index contributed by atoms with van der Waals surface area (Å²) in [5, 5.41) is 2.67. The monoisotopic (exact) mass is 221 g/mol. The molecule has 0 saturated carbocycles. The maximum atomic E-state index is 11.1. The van der Waals surface area contributed by atoms with Crippen LogP contribution in [0.3, 0.4) is 0 Å². The van der Waals surface area contributed by atoms with Crippen LogP contribution in [0.5, 0.6) is 0 Å². The van der Waals surface area contributed by atoms with E-state index >= 15 is 0 Å². The first-order chi connectivity index (χ1) is 6.45. The molecule has 0 atom stereocenters. The highest BCUT2D eigenvalue weighted by molar-refractivity contribution is 7.94. The molecule has 0 fully saturated rings. The van der Waals surface area contributed by atoms with E-state index in [2.05, 4.69) is 5.32 Å². The number of carbonyl (C=O) groups is 1. The predicted octanol–water partition coefficient (Wildman–Crippen LogP) is 2.20. The van der Waals surface area contributed by atoms with E-state index < -0.39 is 5.60 Å². The molecule has 4 nitrogen and oxygen atoms in total. The summed E-state index contributed by atoms with van der Waals surface area (Å²) in [6.07, 6.45) is 0.512. The van der Waals surface area contributed by atoms with Crippen LogP contribution in [0.4, 0.5) is 4.79 Å². The van der Waals surface area contributed by atoms with Crippen molar-refractivity contribution in [3.63, 3.8) is 0 Å². The Morgan fingerprint density at radius 1 is 1.43 bits per heavy atom. The van der Waals surface area contributed by atoms with Gasteiger partial charge in [0.2, 0.25) is 0 Å². The van der Waals surface area contributed by atoms with Crippen molar-refractivity contribution in [2.75, 3.05) is 19.4 Å². The second-order valence-electron chi connectivity index (χ2n) is 3.77. The average Bonchev–Trinajstić information content (AvgIpc) is 2.00. The molecule has 0 unspecified atom stereocenters. The summed E-state index contributed by atoms with van der Waals surface area (Å²) in [6, 6.07) is 0. The lowest BCUT2D eigenvalue weighted by atomic mass is 10.2. The van der Waals surface area contributed by atoms with Crippen molar-refractivity contribution >= 4 is 18.1 Å². The second-order valence-corrected chi connectivity index (χ2v) is 4.75. The Labute approximate surface area is 89.9 Å². The normalized spacial score (nSPS) is 11.1. The van der Waals surface area contributed by atoms with Gasteiger partial charge in [0, 0.05) is 12.3 Å². The van der Waals surface area contributed by atoms with E-state index in [9.17, 15) is 4.79 Å². The fourth-order valence-corrected chi connectivity index (χ4v) is 1.15. The van der Waals surface area contributed by atoms with E-state index in [1.165, 1.54) is 12.0 Å². The first kappa shape index (κ1) is 13.6. The first-order valence-corrected chi connectivity index (χ1v) is 5.49. The number of nitrogens with one attached hydrogen (secondary N) is 1. The van der Waals surface area contributed by atoms with Crippen molar-refractivity contribution in [1.29, 1.82) is 0 Å². The Bertz CT molecular complexity index is 168. The first-order valence-electron chi connectivity index (χ1n) is 4.58. The molecule has 14 heavy (non-hydrogen) atoms. The summed E-state index contributed by atoms with van der Waals surface area (Å²) >= 11 is 1.38. The van der Waals surface area contributed by atoms with Gasteiger partial charge in [-0.05, 0) is 39.2 Å². The summed E-state index contributed by atoms with van der Waals surface area (Å²) in [4.78, 5) is 11.1. The van der Waals surface area contributed by atoms with Gasteiger partial charge in [-0.15, -0.1) is 0 Å². The minimum atomic E-state index is -0.425. The van der Waals surface area contributed by atoms with E-state index in [1.54, 1.807) is 7.11 Å². The highest BCUT2D eigenvalue weighted by atomic mass is 32.2. The highest BCUT2D eigenvalue weighted by Crippen LogP contribution is 2.06. The van der Waals surface area contributed by atoms with E-state index in [-0.39, 0.29) is 6.09 Å². The molecule has 0 heterocycles. The fraction of sp³-hybridized carbons (Fsp3) is 0.889. The number of rotatable bonds is 5. The van der Waals surface area contributed by atoms with E-state index in [0.717, 1.165) is 12.2 Å². The fourth-order valence-electron chi connectivity index (χ4n) is 0.719. The molecule has 0 aliphatic carbocycles. The summed E-state index contributed by atoms with van der Waals surface area (Å²) in [6.45, 7) is 6.14. The molecule has 5 heteroatoms. The number of hydrogen-bond donors (Lipinski definition) is 1. The maximum absolute atomic E-state index is 11.1. The van der Waals surface area contributed by atoms with Crippen LogP contribution in [0, 0.1) is 0 Å². The molecule has 0 radical (unpaired) electrons. The molecule has 0 bridgehead atoms. The predicted molar refractivity (Wildman–Crippen MR) is 58.3 cm³/mol. The average molecular weight is 221 g/mol. The third kappa shape index (κ3) is 9.67. The minimum absolute atomic E-state index is 0.361. The molecular formula is C9H19NO3S. The molecule has 0 aromatic heterocycles. The number of carbonyl (C=O) groups excluding carboxylic acids is 1. The van der Waals surface area contributed by atoms with Crippen LogP contribution in [0.15, 0.2) is 0 Å². The number of alkyl carbamates (subject to hydrolysis) is 1. The summed E-state index contributed by atoms with van der Waals surface area (Å²) < 4.78 is 9.86. The Morgan fingerprint density at radius 3 is 2.57 bits per heavy atom. The zero-order valence-electron chi connectivity index (χ0n) is 9.25. The van der Waals surface area contributed by atoms with E-state index in [1.807, 2.05) is 20.8 Å². The van der Waals surface area contributed by atoms with Crippen LogP contribution in [-0.2, 0) is 8.92 Å². The molecule has 0 saturated heterocycles. The molecule has 0 aromatic carbocycles. The topological polar surface area (TPSA) is 47.6 Å². The lowest BCUT2D eigenvalue weighted by Crippen LogP contribution is -2.33. The molecule has 0 spiro atoms. The number of amides is 1. The van der Waals surface area contributed by atoms with Crippen LogP contribution >= 0.6 is 12.0 Å². The van der Waals surface area contributed by atoms with Gasteiger partial charge in [0.05, 0.1) is 7.11 Å². The van der Waals surface area contributed by atoms with Crippen molar-refractivity contribution in [1.82, 2.24) is 5.32 Å². The van der Waals surface area contributed by atoms with Crippen LogP contribution in [0.1, 0.15) is 27.2 Å². The molecular weight excluding hydrogens is 202 g/mol. The van der Waals surface area contributed by atoms with Gasteiger partial charge in [-0.1, -0.05) is 0 Å². The summed E-state index contributed by atoms with van der Waals surface area (Å²) in [7, 11) is 1.63. The maximum Gasteiger partial charge on any atom is 0.407 e. The van der Waals surface area contributed by atoms with E-state index in [0.29, 0.717) is 6.54 Å². The van der Waals surface area contributed by atoms with Crippen LogP contribution in [0.25, 0.3) is 0 Å². The molecule has 0 rings (SSSR count). The zero-order valence-corrected chi connectivity index (χ0v) is 10.1. The lowest BCUT2D eigenvalue weighted by molar-refractivity contribution is 0.0528. The largest absolute Gasteiger partial charge is 0.444 e. The third-order valence-corrected chi connectivity index (χ3v) is 1.88. The molecule has 0 aliphatic heterocycles. The van der Waals surface area contributed by atoms with Crippen LogP contribution < -0.4 is 5.32 Å². The highest BCUT2D eigenvalue weighted by Gasteiger charge is 2.15. The van der Waals surface area contributed by atoms with Gasteiger partial charge in [0.15, 0.2) is 0 Å². The van der Waals surface area contributed by atoms with Gasteiger partial charge >= 0.3 is 6.09 Å². The molecule has 1 amide bonds. The molecule has 0 aliphatic rings. The zero-order chi connectivity index (χ0) is 11.0. The SMILES string of the molecule is COSCCCNC(=O)OC(C)(C)C.